The third-order valence-corrected chi connectivity index (χ3v) is 4.14. The van der Waals surface area contributed by atoms with Crippen molar-refractivity contribution in [1.29, 1.82) is 0 Å². The quantitative estimate of drug-likeness (QED) is 0.678. The summed E-state index contributed by atoms with van der Waals surface area (Å²) >= 11 is 0. The van der Waals surface area contributed by atoms with E-state index in [1.807, 2.05) is 30.3 Å². The first kappa shape index (κ1) is 19.6. The standard InChI is InChI=1S/C20H27N3O3/c1-13(2)18(23-16-8-6-5-7-9-16)11-21-19(24)12-22-20(25)17-10-14(3)26-15(17)4/h5-10,13,18,23H,11-12H2,1-4H3,(H,21,24)(H,22,25). The number of carbonyl (C=O) groups excluding carboxylic acids is 2. The first-order valence-corrected chi connectivity index (χ1v) is 8.80. The number of carbonyl (C=O) groups is 2. The summed E-state index contributed by atoms with van der Waals surface area (Å²) in [4.78, 5) is 24.2. The molecule has 6 heteroatoms. The van der Waals surface area contributed by atoms with Gasteiger partial charge in [-0.3, -0.25) is 9.59 Å². The van der Waals surface area contributed by atoms with Crippen LogP contribution in [0.25, 0.3) is 0 Å². The van der Waals surface area contributed by atoms with E-state index in [0.29, 0.717) is 29.5 Å². The van der Waals surface area contributed by atoms with Crippen molar-refractivity contribution in [3.05, 3.63) is 53.5 Å². The molecule has 1 aromatic heterocycles. The Bertz CT molecular complexity index is 738. The molecule has 0 saturated carbocycles. The predicted molar refractivity (Wildman–Crippen MR) is 102 cm³/mol. The Hall–Kier alpha value is -2.76. The van der Waals surface area contributed by atoms with E-state index < -0.39 is 0 Å². The number of rotatable bonds is 8. The highest BCUT2D eigenvalue weighted by Gasteiger charge is 2.16. The van der Waals surface area contributed by atoms with Crippen LogP contribution in [0.5, 0.6) is 0 Å². The molecule has 0 aliphatic heterocycles. The van der Waals surface area contributed by atoms with E-state index in [9.17, 15) is 9.59 Å². The Morgan fingerprint density at radius 2 is 1.77 bits per heavy atom. The molecule has 0 fully saturated rings. The van der Waals surface area contributed by atoms with Crippen LogP contribution in [0.2, 0.25) is 0 Å². The van der Waals surface area contributed by atoms with Gasteiger partial charge in [-0.2, -0.15) is 0 Å². The molecule has 3 N–H and O–H groups in total. The molecule has 0 aliphatic carbocycles. The molecule has 0 spiro atoms. The minimum Gasteiger partial charge on any atom is -0.466 e. The lowest BCUT2D eigenvalue weighted by atomic mass is 10.0. The second-order valence-electron chi connectivity index (χ2n) is 6.67. The SMILES string of the molecule is Cc1cc(C(=O)NCC(=O)NCC(Nc2ccccc2)C(C)C)c(C)o1. The van der Waals surface area contributed by atoms with Crippen LogP contribution in [0, 0.1) is 19.8 Å². The lowest BCUT2D eigenvalue weighted by molar-refractivity contribution is -0.120. The van der Waals surface area contributed by atoms with E-state index in [1.54, 1.807) is 19.9 Å². The highest BCUT2D eigenvalue weighted by atomic mass is 16.3. The van der Waals surface area contributed by atoms with Crippen LogP contribution in [0.3, 0.4) is 0 Å². The van der Waals surface area contributed by atoms with Crippen LogP contribution in [0.1, 0.15) is 35.7 Å². The summed E-state index contributed by atoms with van der Waals surface area (Å²) in [6.45, 7) is 8.10. The molecule has 0 saturated heterocycles. The van der Waals surface area contributed by atoms with E-state index in [2.05, 4.69) is 29.8 Å². The van der Waals surface area contributed by atoms with Gasteiger partial charge in [-0.1, -0.05) is 32.0 Å². The summed E-state index contributed by atoms with van der Waals surface area (Å²) in [5, 5.41) is 8.92. The van der Waals surface area contributed by atoms with Crippen LogP contribution in [-0.4, -0.2) is 30.9 Å². The maximum atomic E-state index is 12.1. The molecule has 140 valence electrons. The molecule has 6 nitrogen and oxygen atoms in total. The summed E-state index contributed by atoms with van der Waals surface area (Å²) in [5.41, 5.74) is 1.47. The molecule has 1 heterocycles. The van der Waals surface area contributed by atoms with Crippen molar-refractivity contribution in [3.8, 4) is 0 Å². The predicted octanol–water partition coefficient (Wildman–Crippen LogP) is 2.88. The van der Waals surface area contributed by atoms with E-state index in [4.69, 9.17) is 4.42 Å². The average Bonchev–Trinajstić information content (AvgIpc) is 2.95. The number of aryl methyl sites for hydroxylation is 2. The maximum absolute atomic E-state index is 12.1. The molecule has 2 amide bonds. The van der Waals surface area contributed by atoms with E-state index in [0.717, 1.165) is 5.69 Å². The van der Waals surface area contributed by atoms with Gasteiger partial charge in [-0.05, 0) is 38.0 Å². The molecular weight excluding hydrogens is 330 g/mol. The second-order valence-corrected chi connectivity index (χ2v) is 6.67. The summed E-state index contributed by atoms with van der Waals surface area (Å²) in [7, 11) is 0. The smallest absolute Gasteiger partial charge is 0.255 e. The molecule has 26 heavy (non-hydrogen) atoms. The van der Waals surface area contributed by atoms with Crippen molar-refractivity contribution in [3.63, 3.8) is 0 Å². The fourth-order valence-electron chi connectivity index (χ4n) is 2.60. The van der Waals surface area contributed by atoms with Gasteiger partial charge in [0.2, 0.25) is 5.91 Å². The van der Waals surface area contributed by atoms with Gasteiger partial charge in [0.05, 0.1) is 12.1 Å². The normalized spacial score (nSPS) is 11.9. The first-order valence-electron chi connectivity index (χ1n) is 8.80. The molecule has 1 aromatic carbocycles. The lowest BCUT2D eigenvalue weighted by Gasteiger charge is -2.24. The number of benzene rings is 1. The number of hydrogen-bond donors (Lipinski definition) is 3. The van der Waals surface area contributed by atoms with E-state index >= 15 is 0 Å². The number of anilines is 1. The van der Waals surface area contributed by atoms with E-state index in [-0.39, 0.29) is 24.4 Å². The Balaban J connectivity index is 1.80. The molecule has 2 rings (SSSR count). The van der Waals surface area contributed by atoms with Crippen LogP contribution >= 0.6 is 0 Å². The van der Waals surface area contributed by atoms with Crippen molar-refractivity contribution in [2.24, 2.45) is 5.92 Å². The third kappa shape index (κ3) is 5.65. The van der Waals surface area contributed by atoms with Crippen LogP contribution in [0.4, 0.5) is 5.69 Å². The summed E-state index contributed by atoms with van der Waals surface area (Å²) < 4.78 is 5.33. The second kappa shape index (κ2) is 9.08. The number of furan rings is 1. The molecular formula is C20H27N3O3. The first-order chi connectivity index (χ1) is 12.4. The van der Waals surface area contributed by atoms with Crippen molar-refractivity contribution in [1.82, 2.24) is 10.6 Å². The fourth-order valence-corrected chi connectivity index (χ4v) is 2.60. The van der Waals surface area contributed by atoms with Crippen molar-refractivity contribution >= 4 is 17.5 Å². The van der Waals surface area contributed by atoms with Crippen LogP contribution < -0.4 is 16.0 Å². The molecule has 0 bridgehead atoms. The number of amides is 2. The summed E-state index contributed by atoms with van der Waals surface area (Å²) in [6.07, 6.45) is 0. The zero-order chi connectivity index (χ0) is 19.1. The molecule has 1 atom stereocenters. The highest BCUT2D eigenvalue weighted by molar-refractivity contribution is 5.97. The van der Waals surface area contributed by atoms with Gasteiger partial charge < -0.3 is 20.4 Å². The Kier molecular flexibility index (Phi) is 6.83. The van der Waals surface area contributed by atoms with Gasteiger partial charge in [-0.15, -0.1) is 0 Å². The van der Waals surface area contributed by atoms with Crippen molar-refractivity contribution in [2.45, 2.75) is 33.7 Å². The third-order valence-electron chi connectivity index (χ3n) is 4.14. The number of hydrogen-bond acceptors (Lipinski definition) is 4. The van der Waals surface area contributed by atoms with Gasteiger partial charge in [0.1, 0.15) is 11.5 Å². The topological polar surface area (TPSA) is 83.4 Å². The van der Waals surface area contributed by atoms with Gasteiger partial charge in [0.25, 0.3) is 5.91 Å². The zero-order valence-electron chi connectivity index (χ0n) is 15.8. The highest BCUT2D eigenvalue weighted by Crippen LogP contribution is 2.13. The number of nitrogens with one attached hydrogen (secondary N) is 3. The summed E-state index contributed by atoms with van der Waals surface area (Å²) in [6, 6.07) is 11.6. The van der Waals surface area contributed by atoms with Crippen LogP contribution in [-0.2, 0) is 4.79 Å². The molecule has 0 radical (unpaired) electrons. The van der Waals surface area contributed by atoms with Gasteiger partial charge in [0.15, 0.2) is 0 Å². The minimum absolute atomic E-state index is 0.0708. The van der Waals surface area contributed by atoms with Gasteiger partial charge >= 0.3 is 0 Å². The Morgan fingerprint density at radius 1 is 1.08 bits per heavy atom. The average molecular weight is 357 g/mol. The monoisotopic (exact) mass is 357 g/mol. The molecule has 2 aromatic rings. The van der Waals surface area contributed by atoms with Crippen molar-refractivity contribution < 1.29 is 14.0 Å². The number of para-hydroxylation sites is 1. The Labute approximate surface area is 154 Å². The maximum Gasteiger partial charge on any atom is 0.255 e. The fraction of sp³-hybridized carbons (Fsp3) is 0.400. The van der Waals surface area contributed by atoms with Crippen LogP contribution in [0.15, 0.2) is 40.8 Å². The lowest BCUT2D eigenvalue weighted by Crippen LogP contribution is -2.43. The summed E-state index contributed by atoms with van der Waals surface area (Å²) in [5.74, 6) is 1.02. The largest absolute Gasteiger partial charge is 0.466 e. The van der Waals surface area contributed by atoms with Crippen molar-refractivity contribution in [2.75, 3.05) is 18.4 Å². The van der Waals surface area contributed by atoms with Gasteiger partial charge in [-0.25, -0.2) is 0 Å². The van der Waals surface area contributed by atoms with Gasteiger partial charge in [0, 0.05) is 18.3 Å². The van der Waals surface area contributed by atoms with E-state index in [1.165, 1.54) is 0 Å². The minimum atomic E-state index is -0.308. The molecule has 1 unspecified atom stereocenters. The zero-order valence-corrected chi connectivity index (χ0v) is 15.8. The Morgan fingerprint density at radius 3 is 2.35 bits per heavy atom. The molecule has 0 aliphatic rings.